The van der Waals surface area contributed by atoms with Crippen LogP contribution in [0.25, 0.3) is 0 Å². The van der Waals surface area contributed by atoms with E-state index in [1.807, 2.05) is 18.2 Å². The van der Waals surface area contributed by atoms with Crippen molar-refractivity contribution in [3.63, 3.8) is 0 Å². The molecule has 3 rings (SSSR count). The minimum Gasteiger partial charge on any atom is -0.381 e. The lowest BCUT2D eigenvalue weighted by Gasteiger charge is -2.34. The number of benzene rings is 2. The van der Waals surface area contributed by atoms with Crippen LogP contribution in [0.5, 0.6) is 0 Å². The first kappa shape index (κ1) is 14.7. The molecule has 0 bridgehead atoms. The molecule has 110 valence electrons. The average molecular weight is 366 g/mol. The van der Waals surface area contributed by atoms with Crippen molar-refractivity contribution >= 4 is 38.9 Å². The molecule has 1 saturated heterocycles. The third-order valence-electron chi connectivity index (χ3n) is 3.91. The number of para-hydroxylation sites is 1. The predicted octanol–water partition coefficient (Wildman–Crippen LogP) is 5.18. The zero-order valence-corrected chi connectivity index (χ0v) is 14.1. The number of hydrogen-bond donors (Lipinski definition) is 1. The van der Waals surface area contributed by atoms with E-state index in [-0.39, 0.29) is 0 Å². The van der Waals surface area contributed by atoms with Gasteiger partial charge < -0.3 is 10.2 Å². The summed E-state index contributed by atoms with van der Waals surface area (Å²) in [6.45, 7) is 2.16. The van der Waals surface area contributed by atoms with Crippen LogP contribution in [0.2, 0.25) is 5.02 Å². The third kappa shape index (κ3) is 3.72. The Morgan fingerprint density at radius 3 is 2.43 bits per heavy atom. The van der Waals surface area contributed by atoms with Crippen LogP contribution >= 0.6 is 27.5 Å². The minimum absolute atomic E-state index is 0.489. The summed E-state index contributed by atoms with van der Waals surface area (Å²) in [5.74, 6) is 0. The Morgan fingerprint density at radius 1 is 1.05 bits per heavy atom. The lowest BCUT2D eigenvalue weighted by atomic mass is 10.0. The van der Waals surface area contributed by atoms with Crippen molar-refractivity contribution in [3.8, 4) is 0 Å². The number of rotatable bonds is 3. The van der Waals surface area contributed by atoms with E-state index in [1.54, 1.807) is 0 Å². The summed E-state index contributed by atoms with van der Waals surface area (Å²) < 4.78 is 1.01. The van der Waals surface area contributed by atoms with Gasteiger partial charge in [-0.2, -0.15) is 0 Å². The Balaban J connectivity index is 1.59. The summed E-state index contributed by atoms with van der Waals surface area (Å²) in [5.41, 5.74) is 2.34. The lowest BCUT2D eigenvalue weighted by molar-refractivity contribution is 0.527. The van der Waals surface area contributed by atoms with Crippen LogP contribution < -0.4 is 10.2 Å². The minimum atomic E-state index is 0.489. The molecule has 2 aromatic rings. The molecule has 0 spiro atoms. The van der Waals surface area contributed by atoms with Crippen molar-refractivity contribution in [2.45, 2.75) is 18.9 Å². The zero-order valence-electron chi connectivity index (χ0n) is 11.7. The van der Waals surface area contributed by atoms with Gasteiger partial charge in [-0.3, -0.25) is 0 Å². The fraction of sp³-hybridized carbons (Fsp3) is 0.294. The van der Waals surface area contributed by atoms with Crippen LogP contribution in [0.4, 0.5) is 11.4 Å². The first-order valence-corrected chi connectivity index (χ1v) is 8.41. The van der Waals surface area contributed by atoms with Gasteiger partial charge in [0, 0.05) is 29.3 Å². The highest BCUT2D eigenvalue weighted by atomic mass is 79.9. The molecular weight excluding hydrogens is 348 g/mol. The van der Waals surface area contributed by atoms with E-state index in [1.165, 1.54) is 5.69 Å². The van der Waals surface area contributed by atoms with Crippen molar-refractivity contribution < 1.29 is 0 Å². The molecule has 4 heteroatoms. The Kier molecular flexibility index (Phi) is 4.71. The molecule has 1 aliphatic rings. The van der Waals surface area contributed by atoms with Crippen LogP contribution in [-0.4, -0.2) is 19.1 Å². The molecule has 1 aliphatic heterocycles. The Morgan fingerprint density at radius 2 is 1.76 bits per heavy atom. The quantitative estimate of drug-likeness (QED) is 0.806. The largest absolute Gasteiger partial charge is 0.381 e. The number of anilines is 2. The summed E-state index contributed by atoms with van der Waals surface area (Å²) in [5, 5.41) is 4.34. The van der Waals surface area contributed by atoms with E-state index >= 15 is 0 Å². The third-order valence-corrected chi connectivity index (χ3v) is 4.71. The van der Waals surface area contributed by atoms with Gasteiger partial charge in [-0.1, -0.05) is 45.7 Å². The van der Waals surface area contributed by atoms with Gasteiger partial charge in [-0.05, 0) is 43.2 Å². The second-order valence-corrected chi connectivity index (χ2v) is 6.69. The summed E-state index contributed by atoms with van der Waals surface area (Å²) in [6, 6.07) is 17.1. The molecule has 0 aromatic heterocycles. The Bertz CT molecular complexity index is 595. The Labute approximate surface area is 139 Å². The maximum absolute atomic E-state index is 6.27. The standard InChI is InChI=1S/C17H18BrClN2/c18-13-6-7-17(16(19)12-13)20-14-8-10-21(11-9-14)15-4-2-1-3-5-15/h1-7,12,14,20H,8-11H2. The molecule has 21 heavy (non-hydrogen) atoms. The van der Waals surface area contributed by atoms with Crippen LogP contribution in [-0.2, 0) is 0 Å². The molecule has 0 unspecified atom stereocenters. The van der Waals surface area contributed by atoms with E-state index < -0.39 is 0 Å². The Hall–Kier alpha value is -1.19. The van der Waals surface area contributed by atoms with Crippen molar-refractivity contribution in [3.05, 3.63) is 58.0 Å². The van der Waals surface area contributed by atoms with Crippen molar-refractivity contribution in [1.82, 2.24) is 0 Å². The fourth-order valence-corrected chi connectivity index (χ4v) is 3.48. The summed E-state index contributed by atoms with van der Waals surface area (Å²) in [4.78, 5) is 2.45. The van der Waals surface area contributed by atoms with E-state index in [0.29, 0.717) is 6.04 Å². The van der Waals surface area contributed by atoms with Gasteiger partial charge in [0.2, 0.25) is 0 Å². The highest BCUT2D eigenvalue weighted by Crippen LogP contribution is 2.28. The van der Waals surface area contributed by atoms with Crippen LogP contribution in [0.15, 0.2) is 53.0 Å². The first-order valence-electron chi connectivity index (χ1n) is 7.24. The highest BCUT2D eigenvalue weighted by Gasteiger charge is 2.19. The number of nitrogens with one attached hydrogen (secondary N) is 1. The van der Waals surface area contributed by atoms with Gasteiger partial charge in [0.15, 0.2) is 0 Å². The zero-order chi connectivity index (χ0) is 14.7. The van der Waals surface area contributed by atoms with E-state index in [2.05, 4.69) is 56.5 Å². The normalized spacial score (nSPS) is 16.0. The number of hydrogen-bond acceptors (Lipinski definition) is 2. The van der Waals surface area contributed by atoms with Crippen molar-refractivity contribution in [2.24, 2.45) is 0 Å². The summed E-state index contributed by atoms with van der Waals surface area (Å²) in [6.07, 6.45) is 2.25. The number of halogens is 2. The van der Waals surface area contributed by atoms with Gasteiger partial charge >= 0.3 is 0 Å². The molecule has 0 saturated carbocycles. The van der Waals surface area contributed by atoms with Crippen LogP contribution in [0.3, 0.4) is 0 Å². The van der Waals surface area contributed by atoms with Gasteiger partial charge in [0.1, 0.15) is 0 Å². The molecule has 2 nitrogen and oxygen atoms in total. The van der Waals surface area contributed by atoms with Gasteiger partial charge in [-0.15, -0.1) is 0 Å². The SMILES string of the molecule is Clc1cc(Br)ccc1NC1CCN(c2ccccc2)CC1. The first-order chi connectivity index (χ1) is 10.2. The van der Waals surface area contributed by atoms with Gasteiger partial charge in [0.25, 0.3) is 0 Å². The highest BCUT2D eigenvalue weighted by molar-refractivity contribution is 9.10. The lowest BCUT2D eigenvalue weighted by Crippen LogP contribution is -2.39. The number of nitrogens with zero attached hydrogens (tertiary/aromatic N) is 1. The molecule has 1 N–H and O–H groups in total. The maximum Gasteiger partial charge on any atom is 0.0648 e. The molecule has 0 radical (unpaired) electrons. The second-order valence-electron chi connectivity index (χ2n) is 5.37. The molecule has 1 heterocycles. The smallest absolute Gasteiger partial charge is 0.0648 e. The van der Waals surface area contributed by atoms with E-state index in [9.17, 15) is 0 Å². The van der Waals surface area contributed by atoms with E-state index in [0.717, 1.165) is 41.1 Å². The second kappa shape index (κ2) is 6.71. The number of piperidine rings is 1. The monoisotopic (exact) mass is 364 g/mol. The van der Waals surface area contributed by atoms with Gasteiger partial charge in [0.05, 0.1) is 10.7 Å². The molecule has 0 atom stereocenters. The predicted molar refractivity (Wildman–Crippen MR) is 94.5 cm³/mol. The van der Waals surface area contributed by atoms with E-state index in [4.69, 9.17) is 11.6 Å². The van der Waals surface area contributed by atoms with Gasteiger partial charge in [-0.25, -0.2) is 0 Å². The molecule has 0 amide bonds. The molecular formula is C17H18BrClN2. The fourth-order valence-electron chi connectivity index (χ4n) is 2.75. The average Bonchev–Trinajstić information content (AvgIpc) is 2.52. The summed E-state index contributed by atoms with van der Waals surface area (Å²) >= 11 is 9.71. The molecule has 0 aliphatic carbocycles. The van der Waals surface area contributed by atoms with Crippen LogP contribution in [0, 0.1) is 0 Å². The topological polar surface area (TPSA) is 15.3 Å². The summed E-state index contributed by atoms with van der Waals surface area (Å²) in [7, 11) is 0. The van der Waals surface area contributed by atoms with Crippen molar-refractivity contribution in [2.75, 3.05) is 23.3 Å². The van der Waals surface area contributed by atoms with Crippen molar-refractivity contribution in [1.29, 1.82) is 0 Å². The molecule has 2 aromatic carbocycles. The van der Waals surface area contributed by atoms with Crippen LogP contribution in [0.1, 0.15) is 12.8 Å². The maximum atomic E-state index is 6.27. The molecule has 1 fully saturated rings.